The van der Waals surface area contributed by atoms with Crippen LogP contribution in [0.1, 0.15) is 59.8 Å². The SMILES string of the molecule is CC(C)=CCCC(C)=CCCC(C)=CCCP(=O)(O)OC(=O)O. The Balaban J connectivity index is 4.09. The predicted octanol–water partition coefficient (Wildman–Crippen LogP) is 5.68. The zero-order valence-corrected chi connectivity index (χ0v) is 15.4. The lowest BCUT2D eigenvalue weighted by Crippen LogP contribution is -2.00. The number of carbonyl (C=O) groups is 1. The standard InChI is InChI=1S/C17H29O5P/c1-14(2)8-5-9-15(3)10-6-11-16(4)12-7-13-23(20,21)22-17(18)19/h8,10,12H,5-7,9,11,13H2,1-4H3,(H,18,19)(H,20,21). The summed E-state index contributed by atoms with van der Waals surface area (Å²) in [5.41, 5.74) is 3.82. The minimum atomic E-state index is -4.03. The molecule has 23 heavy (non-hydrogen) atoms. The molecule has 6 heteroatoms. The van der Waals surface area contributed by atoms with E-state index in [-0.39, 0.29) is 6.16 Å². The summed E-state index contributed by atoms with van der Waals surface area (Å²) in [5, 5.41) is 8.34. The van der Waals surface area contributed by atoms with Crippen molar-refractivity contribution >= 4 is 13.8 Å². The van der Waals surface area contributed by atoms with E-state index in [9.17, 15) is 14.3 Å². The average Bonchev–Trinajstić information content (AvgIpc) is 2.36. The molecule has 0 aliphatic carbocycles. The van der Waals surface area contributed by atoms with Crippen LogP contribution in [0.2, 0.25) is 0 Å². The van der Waals surface area contributed by atoms with Gasteiger partial charge in [0.2, 0.25) is 0 Å². The zero-order chi connectivity index (χ0) is 17.9. The maximum absolute atomic E-state index is 11.4. The van der Waals surface area contributed by atoms with Gasteiger partial charge in [-0.1, -0.05) is 34.9 Å². The van der Waals surface area contributed by atoms with Crippen molar-refractivity contribution in [1.29, 1.82) is 0 Å². The Kier molecular flexibility index (Phi) is 10.6. The Morgan fingerprint density at radius 3 is 1.91 bits per heavy atom. The molecule has 0 aliphatic rings. The minimum absolute atomic E-state index is 0.186. The quantitative estimate of drug-likeness (QED) is 0.394. The van der Waals surface area contributed by atoms with Crippen LogP contribution in [0.3, 0.4) is 0 Å². The highest BCUT2D eigenvalue weighted by Crippen LogP contribution is 2.42. The van der Waals surface area contributed by atoms with Gasteiger partial charge in [-0.3, -0.25) is 0 Å². The van der Waals surface area contributed by atoms with Gasteiger partial charge in [-0.05, 0) is 59.8 Å². The topological polar surface area (TPSA) is 83.8 Å². The zero-order valence-electron chi connectivity index (χ0n) is 14.5. The molecule has 0 saturated heterocycles. The molecule has 0 radical (unpaired) electrons. The highest BCUT2D eigenvalue weighted by atomic mass is 31.2. The molecular weight excluding hydrogens is 315 g/mol. The van der Waals surface area contributed by atoms with Crippen molar-refractivity contribution in [3.63, 3.8) is 0 Å². The summed E-state index contributed by atoms with van der Waals surface area (Å²) in [6.45, 7) is 8.29. The van der Waals surface area contributed by atoms with Gasteiger partial charge in [0.15, 0.2) is 0 Å². The average molecular weight is 344 g/mol. The first kappa shape index (κ1) is 21.7. The number of hydrogen-bond acceptors (Lipinski definition) is 3. The number of rotatable bonds is 10. The molecule has 1 atom stereocenters. The highest BCUT2D eigenvalue weighted by Gasteiger charge is 2.22. The van der Waals surface area contributed by atoms with Crippen molar-refractivity contribution in [3.8, 4) is 0 Å². The molecule has 0 aromatic rings. The lowest BCUT2D eigenvalue weighted by molar-refractivity contribution is 0.138. The summed E-state index contributed by atoms with van der Waals surface area (Å²) in [4.78, 5) is 19.5. The van der Waals surface area contributed by atoms with Crippen molar-refractivity contribution in [3.05, 3.63) is 34.9 Å². The van der Waals surface area contributed by atoms with Gasteiger partial charge < -0.3 is 14.5 Å². The van der Waals surface area contributed by atoms with E-state index >= 15 is 0 Å². The molecule has 0 aromatic heterocycles. The lowest BCUT2D eigenvalue weighted by Gasteiger charge is -2.08. The van der Waals surface area contributed by atoms with Crippen LogP contribution < -0.4 is 0 Å². The molecule has 0 bridgehead atoms. The Hall–Kier alpha value is -1.32. The minimum Gasteiger partial charge on any atom is -0.449 e. The maximum Gasteiger partial charge on any atom is 0.512 e. The second-order valence-corrected chi connectivity index (χ2v) is 7.87. The monoisotopic (exact) mass is 344 g/mol. The molecule has 5 nitrogen and oxygen atoms in total. The van der Waals surface area contributed by atoms with Gasteiger partial charge >= 0.3 is 13.8 Å². The first-order valence-corrected chi connectivity index (χ1v) is 9.57. The van der Waals surface area contributed by atoms with Crippen LogP contribution in [0.5, 0.6) is 0 Å². The van der Waals surface area contributed by atoms with Gasteiger partial charge in [0, 0.05) is 0 Å². The van der Waals surface area contributed by atoms with Crippen molar-refractivity contribution in [1.82, 2.24) is 0 Å². The van der Waals surface area contributed by atoms with E-state index in [1.165, 1.54) is 11.1 Å². The van der Waals surface area contributed by atoms with Crippen LogP contribution in [0.4, 0.5) is 4.79 Å². The third-order valence-electron chi connectivity index (χ3n) is 3.25. The fourth-order valence-electron chi connectivity index (χ4n) is 1.98. The van der Waals surface area contributed by atoms with E-state index in [0.717, 1.165) is 31.3 Å². The first-order valence-electron chi connectivity index (χ1n) is 7.81. The van der Waals surface area contributed by atoms with Crippen LogP contribution in [0.15, 0.2) is 34.9 Å². The fraction of sp³-hybridized carbons (Fsp3) is 0.588. The summed E-state index contributed by atoms with van der Waals surface area (Å²) in [6.07, 6.45) is 8.69. The molecule has 0 saturated carbocycles. The fourth-order valence-corrected chi connectivity index (χ4v) is 2.77. The van der Waals surface area contributed by atoms with Crippen molar-refractivity contribution < 1.29 is 23.9 Å². The largest absolute Gasteiger partial charge is 0.512 e. The second-order valence-electron chi connectivity index (χ2n) is 5.97. The molecule has 1 unspecified atom stereocenters. The van der Waals surface area contributed by atoms with E-state index in [0.29, 0.717) is 6.42 Å². The molecule has 132 valence electrons. The maximum atomic E-state index is 11.4. The van der Waals surface area contributed by atoms with Crippen LogP contribution in [-0.2, 0) is 9.09 Å². The molecule has 2 N–H and O–H groups in total. The van der Waals surface area contributed by atoms with Crippen LogP contribution >= 0.6 is 7.60 Å². The van der Waals surface area contributed by atoms with E-state index in [1.54, 1.807) is 0 Å². The van der Waals surface area contributed by atoms with Gasteiger partial charge in [-0.2, -0.15) is 0 Å². The van der Waals surface area contributed by atoms with E-state index in [4.69, 9.17) is 5.11 Å². The Bertz CT molecular complexity index is 513. The summed E-state index contributed by atoms with van der Waals surface area (Å²) in [7, 11) is -4.03. The molecule has 0 rings (SSSR count). The van der Waals surface area contributed by atoms with E-state index < -0.39 is 13.8 Å². The molecule has 0 heterocycles. The first-order chi connectivity index (χ1) is 10.6. The van der Waals surface area contributed by atoms with Gasteiger partial charge in [0.25, 0.3) is 0 Å². The van der Waals surface area contributed by atoms with Crippen molar-refractivity contribution in [2.45, 2.75) is 59.8 Å². The third kappa shape index (κ3) is 14.0. The number of allylic oxidation sites excluding steroid dienone is 6. The smallest absolute Gasteiger partial charge is 0.449 e. The summed E-state index contributed by atoms with van der Waals surface area (Å²) < 4.78 is 15.3. The third-order valence-corrected chi connectivity index (χ3v) is 4.51. The number of carboxylic acid groups (broad SMARTS) is 1. The van der Waals surface area contributed by atoms with Gasteiger partial charge in [-0.25, -0.2) is 9.36 Å². The van der Waals surface area contributed by atoms with E-state index in [2.05, 4.69) is 37.4 Å². The van der Waals surface area contributed by atoms with Crippen molar-refractivity contribution in [2.75, 3.05) is 6.16 Å². The number of hydrogen-bond donors (Lipinski definition) is 2. The Morgan fingerprint density at radius 2 is 1.43 bits per heavy atom. The van der Waals surface area contributed by atoms with Crippen LogP contribution in [0, 0.1) is 0 Å². The van der Waals surface area contributed by atoms with Gasteiger partial charge in [0.05, 0.1) is 6.16 Å². The Labute approximate surface area is 139 Å². The normalized spacial score (nSPS) is 15.0. The summed E-state index contributed by atoms with van der Waals surface area (Å²) in [5.74, 6) is 0. The summed E-state index contributed by atoms with van der Waals surface area (Å²) in [6, 6.07) is 0. The molecular formula is C17H29O5P. The van der Waals surface area contributed by atoms with E-state index in [1.807, 2.05) is 13.0 Å². The van der Waals surface area contributed by atoms with Gasteiger partial charge in [-0.15, -0.1) is 0 Å². The predicted molar refractivity (Wildman–Crippen MR) is 93.8 cm³/mol. The molecule has 0 aromatic carbocycles. The highest BCUT2D eigenvalue weighted by molar-refractivity contribution is 7.53. The molecule has 0 spiro atoms. The lowest BCUT2D eigenvalue weighted by atomic mass is 10.1. The van der Waals surface area contributed by atoms with Crippen LogP contribution in [-0.4, -0.2) is 22.3 Å². The Morgan fingerprint density at radius 1 is 0.957 bits per heavy atom. The van der Waals surface area contributed by atoms with Gasteiger partial charge in [0.1, 0.15) is 0 Å². The molecule has 0 aliphatic heterocycles. The second kappa shape index (κ2) is 11.3. The van der Waals surface area contributed by atoms with Crippen LogP contribution in [0.25, 0.3) is 0 Å². The molecule has 0 amide bonds. The van der Waals surface area contributed by atoms with Crippen molar-refractivity contribution in [2.24, 2.45) is 0 Å². The summed E-state index contributed by atoms with van der Waals surface area (Å²) >= 11 is 0. The molecule has 0 fully saturated rings.